The number of amides is 2. The van der Waals surface area contributed by atoms with Gasteiger partial charge in [0, 0.05) is 38.1 Å². The topological polar surface area (TPSA) is 76.2 Å². The Hall–Kier alpha value is -2.31. The van der Waals surface area contributed by atoms with E-state index in [9.17, 15) is 4.79 Å². The molecule has 1 N–H and O–H groups in total. The highest BCUT2D eigenvalue weighted by atomic mass is 16.5. The van der Waals surface area contributed by atoms with Gasteiger partial charge in [-0.15, -0.1) is 0 Å². The van der Waals surface area contributed by atoms with E-state index in [0.29, 0.717) is 13.1 Å². The third-order valence-electron chi connectivity index (χ3n) is 2.84. The fraction of sp³-hybridized carbons (Fsp3) is 0.462. The summed E-state index contributed by atoms with van der Waals surface area (Å²) in [5, 5.41) is 6.79. The fourth-order valence-corrected chi connectivity index (χ4v) is 1.88. The standard InChI is InChI=1S/C13H19N5O2/c1-10(7-18-5-4-14-9-18)15-13(19)17(3)8-12-6-11(2)20-16-12/h4-6,9-10H,7-8H2,1-3H3,(H,15,19)/t10-/m0/s1. The minimum absolute atomic E-state index is 0.0122. The molecule has 2 aromatic rings. The van der Waals surface area contributed by atoms with Crippen molar-refractivity contribution in [3.63, 3.8) is 0 Å². The molecule has 0 saturated heterocycles. The SMILES string of the molecule is Cc1cc(CN(C)C(=O)N[C@@H](C)Cn2ccnc2)no1. The molecule has 1 atom stereocenters. The van der Waals surface area contributed by atoms with Crippen LogP contribution < -0.4 is 5.32 Å². The van der Waals surface area contributed by atoms with Crippen molar-refractivity contribution in [1.82, 2.24) is 24.9 Å². The maximum Gasteiger partial charge on any atom is 0.317 e. The Kier molecular flexibility index (Phi) is 4.39. The van der Waals surface area contributed by atoms with Crippen LogP contribution in [-0.2, 0) is 13.1 Å². The van der Waals surface area contributed by atoms with Crippen LogP contribution in [0.2, 0.25) is 0 Å². The second kappa shape index (κ2) is 6.23. The molecule has 0 aliphatic heterocycles. The Morgan fingerprint density at radius 2 is 2.40 bits per heavy atom. The van der Waals surface area contributed by atoms with Gasteiger partial charge in [0.25, 0.3) is 0 Å². The van der Waals surface area contributed by atoms with Crippen LogP contribution >= 0.6 is 0 Å². The molecule has 7 heteroatoms. The number of hydrogen-bond donors (Lipinski definition) is 1. The van der Waals surface area contributed by atoms with Crippen molar-refractivity contribution in [2.75, 3.05) is 7.05 Å². The van der Waals surface area contributed by atoms with Crippen molar-refractivity contribution in [2.24, 2.45) is 0 Å². The highest BCUT2D eigenvalue weighted by molar-refractivity contribution is 5.74. The second-order valence-corrected chi connectivity index (χ2v) is 4.89. The molecule has 2 rings (SSSR count). The summed E-state index contributed by atoms with van der Waals surface area (Å²) in [5.74, 6) is 0.738. The van der Waals surface area contributed by atoms with E-state index < -0.39 is 0 Å². The molecule has 108 valence electrons. The van der Waals surface area contributed by atoms with Crippen LogP contribution in [0.25, 0.3) is 0 Å². The summed E-state index contributed by atoms with van der Waals surface area (Å²) in [6, 6.07) is 1.69. The van der Waals surface area contributed by atoms with E-state index in [-0.39, 0.29) is 12.1 Å². The lowest BCUT2D eigenvalue weighted by Crippen LogP contribution is -2.43. The molecule has 0 saturated carbocycles. The van der Waals surface area contributed by atoms with Crippen LogP contribution in [0.4, 0.5) is 4.79 Å². The van der Waals surface area contributed by atoms with Gasteiger partial charge in [0.15, 0.2) is 0 Å². The molecule has 0 fully saturated rings. The van der Waals surface area contributed by atoms with E-state index in [0.717, 1.165) is 11.5 Å². The average molecular weight is 277 g/mol. The van der Waals surface area contributed by atoms with Gasteiger partial charge in [-0.25, -0.2) is 9.78 Å². The Bertz CT molecular complexity index is 549. The first-order valence-electron chi connectivity index (χ1n) is 6.44. The van der Waals surface area contributed by atoms with Crippen molar-refractivity contribution in [3.8, 4) is 0 Å². The van der Waals surface area contributed by atoms with Gasteiger partial charge in [-0.2, -0.15) is 0 Å². The van der Waals surface area contributed by atoms with Crippen molar-refractivity contribution in [3.05, 3.63) is 36.2 Å². The van der Waals surface area contributed by atoms with E-state index in [1.165, 1.54) is 0 Å². The first kappa shape index (κ1) is 14.1. The summed E-state index contributed by atoms with van der Waals surface area (Å²) in [4.78, 5) is 17.6. The number of nitrogens with zero attached hydrogens (tertiary/aromatic N) is 4. The van der Waals surface area contributed by atoms with E-state index in [1.807, 2.05) is 30.7 Å². The minimum Gasteiger partial charge on any atom is -0.361 e. The number of nitrogens with one attached hydrogen (secondary N) is 1. The van der Waals surface area contributed by atoms with E-state index in [1.54, 1.807) is 24.5 Å². The highest BCUT2D eigenvalue weighted by Gasteiger charge is 2.14. The summed E-state index contributed by atoms with van der Waals surface area (Å²) in [5.41, 5.74) is 0.738. The molecule has 0 aliphatic rings. The number of aromatic nitrogens is 3. The second-order valence-electron chi connectivity index (χ2n) is 4.89. The Labute approximate surface area is 117 Å². The van der Waals surface area contributed by atoms with Crippen molar-refractivity contribution in [1.29, 1.82) is 0 Å². The van der Waals surface area contributed by atoms with Gasteiger partial charge in [0.2, 0.25) is 0 Å². The number of urea groups is 1. The van der Waals surface area contributed by atoms with E-state index >= 15 is 0 Å². The first-order chi connectivity index (χ1) is 9.54. The Balaban J connectivity index is 1.81. The summed E-state index contributed by atoms with van der Waals surface area (Å²) in [7, 11) is 1.73. The summed E-state index contributed by atoms with van der Waals surface area (Å²) >= 11 is 0. The van der Waals surface area contributed by atoms with Gasteiger partial charge in [0.1, 0.15) is 11.5 Å². The van der Waals surface area contributed by atoms with Crippen LogP contribution in [0.5, 0.6) is 0 Å². The Morgan fingerprint density at radius 3 is 3.00 bits per heavy atom. The lowest BCUT2D eigenvalue weighted by molar-refractivity contribution is 0.201. The summed E-state index contributed by atoms with van der Waals surface area (Å²) in [6.45, 7) is 4.87. The molecule has 0 radical (unpaired) electrons. The van der Waals surface area contributed by atoms with E-state index in [2.05, 4.69) is 15.5 Å². The molecule has 0 aliphatic carbocycles. The van der Waals surface area contributed by atoms with Gasteiger partial charge >= 0.3 is 6.03 Å². The normalized spacial score (nSPS) is 12.2. The van der Waals surface area contributed by atoms with Gasteiger partial charge in [-0.3, -0.25) is 0 Å². The fourth-order valence-electron chi connectivity index (χ4n) is 1.88. The molecule has 0 spiro atoms. The van der Waals surface area contributed by atoms with Crippen LogP contribution in [0.1, 0.15) is 18.4 Å². The number of rotatable bonds is 5. The van der Waals surface area contributed by atoms with Crippen LogP contribution in [0.3, 0.4) is 0 Å². The van der Waals surface area contributed by atoms with Gasteiger partial charge < -0.3 is 19.3 Å². The minimum atomic E-state index is -0.140. The van der Waals surface area contributed by atoms with Gasteiger partial charge in [-0.1, -0.05) is 5.16 Å². The smallest absolute Gasteiger partial charge is 0.317 e. The summed E-state index contributed by atoms with van der Waals surface area (Å²) in [6.07, 6.45) is 5.31. The van der Waals surface area contributed by atoms with Crippen LogP contribution in [0.15, 0.2) is 29.3 Å². The zero-order valence-electron chi connectivity index (χ0n) is 11.9. The molecule has 2 aromatic heterocycles. The van der Waals surface area contributed by atoms with Crippen LogP contribution in [-0.4, -0.2) is 38.7 Å². The maximum absolute atomic E-state index is 12.0. The van der Waals surface area contributed by atoms with Gasteiger partial charge in [0.05, 0.1) is 12.9 Å². The maximum atomic E-state index is 12.0. The summed E-state index contributed by atoms with van der Waals surface area (Å²) < 4.78 is 6.90. The molecular formula is C13H19N5O2. The third kappa shape index (κ3) is 3.84. The number of imidazole rings is 1. The lowest BCUT2D eigenvalue weighted by atomic mass is 10.3. The zero-order chi connectivity index (χ0) is 14.5. The predicted octanol–water partition coefficient (Wildman–Crippen LogP) is 1.41. The first-order valence-corrected chi connectivity index (χ1v) is 6.44. The van der Waals surface area contributed by atoms with Crippen molar-refractivity contribution >= 4 is 6.03 Å². The number of hydrogen-bond acceptors (Lipinski definition) is 4. The molecule has 0 aromatic carbocycles. The van der Waals surface area contributed by atoms with Crippen LogP contribution in [0, 0.1) is 6.92 Å². The molecule has 2 amide bonds. The number of aryl methyl sites for hydroxylation is 1. The average Bonchev–Trinajstić information content (AvgIpc) is 3.01. The van der Waals surface area contributed by atoms with Crippen molar-refractivity contribution < 1.29 is 9.32 Å². The molecular weight excluding hydrogens is 258 g/mol. The third-order valence-corrected chi connectivity index (χ3v) is 2.84. The number of carbonyl (C=O) groups is 1. The highest BCUT2D eigenvalue weighted by Crippen LogP contribution is 2.04. The molecule has 0 bridgehead atoms. The zero-order valence-corrected chi connectivity index (χ0v) is 11.9. The van der Waals surface area contributed by atoms with Crippen molar-refractivity contribution in [2.45, 2.75) is 33.0 Å². The lowest BCUT2D eigenvalue weighted by Gasteiger charge is -2.20. The number of carbonyl (C=O) groups excluding carboxylic acids is 1. The van der Waals surface area contributed by atoms with E-state index in [4.69, 9.17) is 4.52 Å². The molecule has 0 unspecified atom stereocenters. The Morgan fingerprint density at radius 1 is 1.60 bits per heavy atom. The monoisotopic (exact) mass is 277 g/mol. The predicted molar refractivity (Wildman–Crippen MR) is 72.9 cm³/mol. The largest absolute Gasteiger partial charge is 0.361 e. The quantitative estimate of drug-likeness (QED) is 0.896. The molecule has 20 heavy (non-hydrogen) atoms. The molecule has 2 heterocycles. The molecule has 7 nitrogen and oxygen atoms in total. The van der Waals surface area contributed by atoms with Gasteiger partial charge in [-0.05, 0) is 13.8 Å².